The molecule has 0 aliphatic heterocycles. The second-order valence-electron chi connectivity index (χ2n) is 5.23. The van der Waals surface area contributed by atoms with E-state index in [1.165, 1.54) is 0 Å². The van der Waals surface area contributed by atoms with Gasteiger partial charge in [0.25, 0.3) is 5.91 Å². The molecule has 0 aliphatic rings. The molecule has 1 amide bonds. The van der Waals surface area contributed by atoms with Gasteiger partial charge < -0.3 is 10.1 Å². The molecule has 1 N–H and O–H groups in total. The highest BCUT2D eigenvalue weighted by Crippen LogP contribution is 2.27. The third kappa shape index (κ3) is 5.13. The second kappa shape index (κ2) is 8.04. The standard InChI is InChI=1S/C17H16BrCl2NO2/c1-10(2)23-16-6-4-11(7-14(16)18)17(22)21-9-12-3-5-13(19)8-15(12)20/h3-8,10H,9H2,1-2H3,(H,21,22). The summed E-state index contributed by atoms with van der Waals surface area (Å²) < 4.78 is 6.37. The van der Waals surface area contributed by atoms with Crippen LogP contribution in [0.15, 0.2) is 40.9 Å². The van der Waals surface area contributed by atoms with Crippen molar-refractivity contribution in [3.63, 3.8) is 0 Å². The van der Waals surface area contributed by atoms with Gasteiger partial charge in [0.2, 0.25) is 0 Å². The Bertz CT molecular complexity index is 720. The van der Waals surface area contributed by atoms with Crippen LogP contribution in [0.4, 0.5) is 0 Å². The predicted octanol–water partition coefficient (Wildman–Crippen LogP) is 5.47. The van der Waals surface area contributed by atoms with Gasteiger partial charge >= 0.3 is 0 Å². The summed E-state index contributed by atoms with van der Waals surface area (Å²) in [6, 6.07) is 10.4. The number of benzene rings is 2. The quantitative estimate of drug-likeness (QED) is 0.701. The number of ether oxygens (including phenoxy) is 1. The highest BCUT2D eigenvalue weighted by Gasteiger charge is 2.11. The normalized spacial score (nSPS) is 10.7. The lowest BCUT2D eigenvalue weighted by molar-refractivity contribution is 0.0951. The van der Waals surface area contributed by atoms with E-state index in [1.807, 2.05) is 13.8 Å². The Morgan fingerprint density at radius 3 is 2.57 bits per heavy atom. The Labute approximate surface area is 154 Å². The van der Waals surface area contributed by atoms with Gasteiger partial charge in [-0.05, 0) is 65.7 Å². The van der Waals surface area contributed by atoms with Crippen LogP contribution < -0.4 is 10.1 Å². The van der Waals surface area contributed by atoms with E-state index in [0.717, 1.165) is 10.0 Å². The third-order valence-electron chi connectivity index (χ3n) is 3.01. The summed E-state index contributed by atoms with van der Waals surface area (Å²) in [4.78, 5) is 12.2. The first-order valence-electron chi connectivity index (χ1n) is 7.05. The summed E-state index contributed by atoms with van der Waals surface area (Å²) >= 11 is 15.4. The van der Waals surface area contributed by atoms with Crippen LogP contribution >= 0.6 is 39.1 Å². The van der Waals surface area contributed by atoms with E-state index in [0.29, 0.717) is 27.9 Å². The van der Waals surface area contributed by atoms with Crippen molar-refractivity contribution in [1.82, 2.24) is 5.32 Å². The minimum Gasteiger partial charge on any atom is -0.490 e. The van der Waals surface area contributed by atoms with Crippen molar-refractivity contribution in [2.45, 2.75) is 26.5 Å². The molecule has 122 valence electrons. The van der Waals surface area contributed by atoms with Crippen molar-refractivity contribution in [2.24, 2.45) is 0 Å². The van der Waals surface area contributed by atoms with Crippen LogP contribution in [0.2, 0.25) is 10.0 Å². The number of halogens is 3. The lowest BCUT2D eigenvalue weighted by Gasteiger charge is -2.13. The zero-order valence-corrected chi connectivity index (χ0v) is 15.8. The summed E-state index contributed by atoms with van der Waals surface area (Å²) in [6.45, 7) is 4.22. The van der Waals surface area contributed by atoms with Crippen LogP contribution in [-0.2, 0) is 6.54 Å². The molecular formula is C17H16BrCl2NO2. The van der Waals surface area contributed by atoms with Gasteiger partial charge in [-0.3, -0.25) is 4.79 Å². The van der Waals surface area contributed by atoms with Crippen LogP contribution in [0.1, 0.15) is 29.8 Å². The van der Waals surface area contributed by atoms with Crippen LogP contribution in [0.3, 0.4) is 0 Å². The summed E-state index contributed by atoms with van der Waals surface area (Å²) in [7, 11) is 0. The number of hydrogen-bond donors (Lipinski definition) is 1. The number of rotatable bonds is 5. The molecule has 0 spiro atoms. The Morgan fingerprint density at radius 1 is 1.22 bits per heavy atom. The number of nitrogens with one attached hydrogen (secondary N) is 1. The van der Waals surface area contributed by atoms with Crippen LogP contribution in [0.5, 0.6) is 5.75 Å². The molecule has 2 rings (SSSR count). The summed E-state index contributed by atoms with van der Waals surface area (Å²) in [5.41, 5.74) is 1.35. The number of carbonyl (C=O) groups excluding carboxylic acids is 1. The van der Waals surface area contributed by atoms with Gasteiger partial charge in [0, 0.05) is 22.2 Å². The van der Waals surface area contributed by atoms with Gasteiger partial charge in [0.15, 0.2) is 0 Å². The highest BCUT2D eigenvalue weighted by molar-refractivity contribution is 9.10. The average Bonchev–Trinajstić information content (AvgIpc) is 2.47. The van der Waals surface area contributed by atoms with Crippen LogP contribution in [0.25, 0.3) is 0 Å². The van der Waals surface area contributed by atoms with Gasteiger partial charge in [0.1, 0.15) is 5.75 Å². The maximum atomic E-state index is 12.2. The second-order valence-corrected chi connectivity index (χ2v) is 6.93. The van der Waals surface area contributed by atoms with Crippen molar-refractivity contribution in [3.8, 4) is 5.75 Å². The van der Waals surface area contributed by atoms with Crippen LogP contribution in [0, 0.1) is 0 Å². The Hall–Kier alpha value is -1.23. The highest BCUT2D eigenvalue weighted by atomic mass is 79.9. The van der Waals surface area contributed by atoms with Crippen molar-refractivity contribution in [1.29, 1.82) is 0 Å². The molecule has 0 saturated heterocycles. The first-order chi connectivity index (χ1) is 10.9. The molecular weight excluding hydrogens is 401 g/mol. The van der Waals surface area contributed by atoms with Gasteiger partial charge in [0.05, 0.1) is 10.6 Å². The molecule has 0 atom stereocenters. The lowest BCUT2D eigenvalue weighted by Crippen LogP contribution is -2.23. The van der Waals surface area contributed by atoms with E-state index in [-0.39, 0.29) is 12.0 Å². The molecule has 0 radical (unpaired) electrons. The summed E-state index contributed by atoms with van der Waals surface area (Å²) in [5, 5.41) is 3.93. The third-order valence-corrected chi connectivity index (χ3v) is 4.22. The lowest BCUT2D eigenvalue weighted by atomic mass is 10.2. The molecule has 0 unspecified atom stereocenters. The minimum atomic E-state index is -0.187. The van der Waals surface area contributed by atoms with Crippen molar-refractivity contribution >= 4 is 45.0 Å². The maximum Gasteiger partial charge on any atom is 0.251 e. The van der Waals surface area contributed by atoms with Gasteiger partial charge in [-0.2, -0.15) is 0 Å². The molecule has 0 aliphatic carbocycles. The fourth-order valence-corrected chi connectivity index (χ4v) is 2.88. The molecule has 23 heavy (non-hydrogen) atoms. The smallest absolute Gasteiger partial charge is 0.251 e. The van der Waals surface area contributed by atoms with Gasteiger partial charge in [-0.15, -0.1) is 0 Å². The van der Waals surface area contributed by atoms with Crippen LogP contribution in [-0.4, -0.2) is 12.0 Å². The maximum absolute atomic E-state index is 12.2. The predicted molar refractivity (Wildman–Crippen MR) is 97.5 cm³/mol. The Balaban J connectivity index is 2.04. The monoisotopic (exact) mass is 415 g/mol. The van der Waals surface area contributed by atoms with E-state index in [2.05, 4.69) is 21.2 Å². The first-order valence-corrected chi connectivity index (χ1v) is 8.60. The zero-order chi connectivity index (χ0) is 17.0. The average molecular weight is 417 g/mol. The molecule has 0 saturated carbocycles. The molecule has 0 heterocycles. The van der Waals surface area contributed by atoms with Gasteiger partial charge in [-0.1, -0.05) is 29.3 Å². The van der Waals surface area contributed by atoms with E-state index in [4.69, 9.17) is 27.9 Å². The van der Waals surface area contributed by atoms with Gasteiger partial charge in [-0.25, -0.2) is 0 Å². The largest absolute Gasteiger partial charge is 0.490 e. The molecule has 2 aromatic rings. The first kappa shape index (κ1) is 18.1. The van der Waals surface area contributed by atoms with E-state index >= 15 is 0 Å². The van der Waals surface area contributed by atoms with E-state index < -0.39 is 0 Å². The Kier molecular flexibility index (Phi) is 6.33. The fraction of sp³-hybridized carbons (Fsp3) is 0.235. The minimum absolute atomic E-state index is 0.0676. The molecule has 6 heteroatoms. The number of hydrogen-bond acceptors (Lipinski definition) is 2. The van der Waals surface area contributed by atoms with Crippen molar-refractivity contribution in [3.05, 3.63) is 62.0 Å². The molecule has 0 fully saturated rings. The number of amides is 1. The topological polar surface area (TPSA) is 38.3 Å². The molecule has 2 aromatic carbocycles. The zero-order valence-electron chi connectivity index (χ0n) is 12.7. The van der Waals surface area contributed by atoms with Crippen molar-refractivity contribution in [2.75, 3.05) is 0 Å². The molecule has 3 nitrogen and oxygen atoms in total. The molecule has 0 bridgehead atoms. The van der Waals surface area contributed by atoms with E-state index in [9.17, 15) is 4.79 Å². The fourth-order valence-electron chi connectivity index (χ4n) is 1.93. The summed E-state index contributed by atoms with van der Waals surface area (Å²) in [6.07, 6.45) is 0.0676. The SMILES string of the molecule is CC(C)Oc1ccc(C(=O)NCc2ccc(Cl)cc2Cl)cc1Br. The van der Waals surface area contributed by atoms with Crippen molar-refractivity contribution < 1.29 is 9.53 Å². The molecule has 0 aromatic heterocycles. The Morgan fingerprint density at radius 2 is 1.96 bits per heavy atom. The van der Waals surface area contributed by atoms with E-state index in [1.54, 1.807) is 36.4 Å². The summed E-state index contributed by atoms with van der Waals surface area (Å²) in [5.74, 6) is 0.519. The number of carbonyl (C=O) groups is 1.